The lowest BCUT2D eigenvalue weighted by atomic mass is 10.1. The van der Waals surface area contributed by atoms with E-state index in [-0.39, 0.29) is 30.2 Å². The normalized spacial score (nSPS) is 11.8. The Kier molecular flexibility index (Phi) is 5.22. The first kappa shape index (κ1) is 21.2. The van der Waals surface area contributed by atoms with Gasteiger partial charge in [-0.05, 0) is 13.8 Å². The van der Waals surface area contributed by atoms with E-state index in [1.807, 2.05) is 0 Å². The highest BCUT2D eigenvalue weighted by molar-refractivity contribution is 5.73. The molecule has 13 heteroatoms. The Balaban J connectivity index is 1.83. The summed E-state index contributed by atoms with van der Waals surface area (Å²) < 4.78 is 46.7. The predicted octanol–water partition coefficient (Wildman–Crippen LogP) is 0.443. The van der Waals surface area contributed by atoms with Crippen molar-refractivity contribution in [2.45, 2.75) is 33.1 Å². The van der Waals surface area contributed by atoms with Gasteiger partial charge >= 0.3 is 17.8 Å². The van der Waals surface area contributed by atoms with Crippen molar-refractivity contribution in [3.05, 3.63) is 55.4 Å². The lowest BCUT2D eigenvalue weighted by Crippen LogP contribution is -2.38. The van der Waals surface area contributed by atoms with Crippen LogP contribution >= 0.6 is 0 Å². The Morgan fingerprint density at radius 2 is 1.80 bits per heavy atom. The smallest absolute Gasteiger partial charge is 0.453 e. The maximum Gasteiger partial charge on any atom is 0.453 e. The molecule has 0 saturated heterocycles. The van der Waals surface area contributed by atoms with Crippen molar-refractivity contribution in [2.24, 2.45) is 14.1 Å². The molecule has 3 aromatic heterocycles. The van der Waals surface area contributed by atoms with E-state index in [0.29, 0.717) is 11.3 Å². The van der Waals surface area contributed by atoms with Gasteiger partial charge in [-0.3, -0.25) is 18.7 Å². The van der Waals surface area contributed by atoms with E-state index in [2.05, 4.69) is 15.1 Å². The third-order valence-electron chi connectivity index (χ3n) is 4.63. The standard InChI is InChI=1S/C17H17F3N6O4/c1-8-11(9(2)26-15(21-8)22-14(23-26)17(18,19)20)6-13(28)30-7-10-5-12(27)25(4)16(29)24(10)3/h5H,6-7H2,1-4H3. The van der Waals surface area contributed by atoms with Crippen LogP contribution in [0.5, 0.6) is 0 Å². The summed E-state index contributed by atoms with van der Waals surface area (Å²) in [5.41, 5.74) is -0.00952. The van der Waals surface area contributed by atoms with Crippen molar-refractivity contribution in [1.82, 2.24) is 28.7 Å². The van der Waals surface area contributed by atoms with E-state index < -0.39 is 29.2 Å². The van der Waals surface area contributed by atoms with Gasteiger partial charge in [0.05, 0.1) is 12.1 Å². The summed E-state index contributed by atoms with van der Waals surface area (Å²) in [6.45, 7) is 2.70. The van der Waals surface area contributed by atoms with Crippen molar-refractivity contribution in [1.29, 1.82) is 0 Å². The second-order valence-corrected chi connectivity index (χ2v) is 6.62. The molecule has 0 saturated carbocycles. The molecule has 0 aliphatic heterocycles. The van der Waals surface area contributed by atoms with Crippen LogP contribution in [0.25, 0.3) is 5.78 Å². The number of aryl methyl sites for hydroxylation is 2. The highest BCUT2D eigenvalue weighted by atomic mass is 19.4. The maximum absolute atomic E-state index is 12.9. The Morgan fingerprint density at radius 1 is 1.13 bits per heavy atom. The quantitative estimate of drug-likeness (QED) is 0.557. The zero-order valence-corrected chi connectivity index (χ0v) is 16.4. The van der Waals surface area contributed by atoms with Gasteiger partial charge in [0.1, 0.15) is 6.61 Å². The molecule has 3 aromatic rings. The van der Waals surface area contributed by atoms with E-state index in [9.17, 15) is 27.6 Å². The minimum atomic E-state index is -4.73. The molecule has 0 unspecified atom stereocenters. The van der Waals surface area contributed by atoms with Crippen LogP contribution in [0.15, 0.2) is 15.7 Å². The number of ether oxygens (including phenoxy) is 1. The summed E-state index contributed by atoms with van der Waals surface area (Å²) in [5.74, 6) is -2.28. The summed E-state index contributed by atoms with van der Waals surface area (Å²) in [7, 11) is 2.75. The van der Waals surface area contributed by atoms with E-state index in [0.717, 1.165) is 9.08 Å². The third-order valence-corrected chi connectivity index (χ3v) is 4.63. The number of nitrogens with zero attached hydrogens (tertiary/aromatic N) is 6. The van der Waals surface area contributed by atoms with Crippen molar-refractivity contribution in [3.8, 4) is 0 Å². The topological polar surface area (TPSA) is 113 Å². The lowest BCUT2D eigenvalue weighted by Gasteiger charge is -2.12. The molecule has 0 aliphatic rings. The monoisotopic (exact) mass is 426 g/mol. The summed E-state index contributed by atoms with van der Waals surface area (Å²) in [4.78, 5) is 43.3. The van der Waals surface area contributed by atoms with Crippen LogP contribution in [0, 0.1) is 13.8 Å². The second-order valence-electron chi connectivity index (χ2n) is 6.62. The van der Waals surface area contributed by atoms with Gasteiger partial charge in [-0.1, -0.05) is 0 Å². The summed E-state index contributed by atoms with van der Waals surface area (Å²) in [6, 6.07) is 1.17. The van der Waals surface area contributed by atoms with Crippen molar-refractivity contribution >= 4 is 11.7 Å². The average Bonchev–Trinajstić information content (AvgIpc) is 3.10. The fraction of sp³-hybridized carbons (Fsp3) is 0.412. The van der Waals surface area contributed by atoms with Gasteiger partial charge < -0.3 is 4.74 Å². The minimum Gasteiger partial charge on any atom is -0.459 e. The Hall–Kier alpha value is -3.51. The number of carbonyl (C=O) groups excluding carboxylic acids is 1. The first-order valence-electron chi connectivity index (χ1n) is 8.61. The molecular formula is C17H17F3N6O4. The van der Waals surface area contributed by atoms with Crippen LogP contribution in [0.2, 0.25) is 0 Å². The summed E-state index contributed by atoms with van der Waals surface area (Å²) in [6.07, 6.45) is -5.02. The number of aromatic nitrogens is 6. The van der Waals surface area contributed by atoms with Gasteiger partial charge in [0, 0.05) is 37.1 Å². The summed E-state index contributed by atoms with van der Waals surface area (Å²) >= 11 is 0. The van der Waals surface area contributed by atoms with Crippen LogP contribution in [0.1, 0.15) is 28.5 Å². The van der Waals surface area contributed by atoms with E-state index in [1.165, 1.54) is 38.6 Å². The van der Waals surface area contributed by atoms with Crippen LogP contribution in [-0.4, -0.2) is 34.7 Å². The zero-order valence-electron chi connectivity index (χ0n) is 16.4. The zero-order chi connectivity index (χ0) is 22.4. The molecule has 0 fully saturated rings. The lowest BCUT2D eigenvalue weighted by molar-refractivity contribution is -0.145. The van der Waals surface area contributed by atoms with E-state index in [1.54, 1.807) is 0 Å². The number of alkyl halides is 3. The first-order valence-corrected chi connectivity index (χ1v) is 8.61. The van der Waals surface area contributed by atoms with Gasteiger partial charge in [-0.15, -0.1) is 5.10 Å². The summed E-state index contributed by atoms with van der Waals surface area (Å²) in [5, 5.41) is 3.42. The van der Waals surface area contributed by atoms with Crippen molar-refractivity contribution < 1.29 is 22.7 Å². The fourth-order valence-corrected chi connectivity index (χ4v) is 2.85. The molecular weight excluding hydrogens is 409 g/mol. The van der Waals surface area contributed by atoms with E-state index in [4.69, 9.17) is 4.74 Å². The molecule has 0 radical (unpaired) electrons. The molecule has 0 aliphatic carbocycles. The predicted molar refractivity (Wildman–Crippen MR) is 95.7 cm³/mol. The Labute approximate surface area is 166 Å². The molecule has 0 spiro atoms. The number of halogens is 3. The van der Waals surface area contributed by atoms with Crippen molar-refractivity contribution in [3.63, 3.8) is 0 Å². The van der Waals surface area contributed by atoms with Gasteiger partial charge in [0.2, 0.25) is 0 Å². The highest BCUT2D eigenvalue weighted by Gasteiger charge is 2.37. The highest BCUT2D eigenvalue weighted by Crippen LogP contribution is 2.27. The SMILES string of the molecule is Cc1nc2nc(C(F)(F)F)nn2c(C)c1CC(=O)OCc1cc(=O)n(C)c(=O)n1C. The molecule has 0 bridgehead atoms. The number of esters is 1. The first-order chi connectivity index (χ1) is 13.9. The van der Waals surface area contributed by atoms with Gasteiger partial charge in [0.15, 0.2) is 0 Å². The molecule has 160 valence electrons. The van der Waals surface area contributed by atoms with Gasteiger partial charge in [-0.2, -0.15) is 18.2 Å². The minimum absolute atomic E-state index is 0.199. The van der Waals surface area contributed by atoms with Crippen LogP contribution < -0.4 is 11.2 Å². The molecule has 10 nitrogen and oxygen atoms in total. The number of carbonyl (C=O) groups is 1. The molecule has 30 heavy (non-hydrogen) atoms. The number of hydrogen-bond donors (Lipinski definition) is 0. The molecule has 0 N–H and O–H groups in total. The molecule has 0 atom stereocenters. The van der Waals surface area contributed by atoms with Crippen molar-refractivity contribution in [2.75, 3.05) is 0 Å². The molecule has 0 amide bonds. The Morgan fingerprint density at radius 3 is 2.43 bits per heavy atom. The molecule has 3 heterocycles. The number of hydrogen-bond acceptors (Lipinski definition) is 7. The van der Waals surface area contributed by atoms with Crippen LogP contribution in [-0.2, 0) is 42.8 Å². The fourth-order valence-electron chi connectivity index (χ4n) is 2.85. The van der Waals surface area contributed by atoms with Crippen LogP contribution in [0.4, 0.5) is 13.2 Å². The Bertz CT molecular complexity index is 1270. The number of rotatable bonds is 4. The van der Waals surface area contributed by atoms with Gasteiger partial charge in [0.25, 0.3) is 17.2 Å². The molecule has 0 aromatic carbocycles. The number of fused-ring (bicyclic) bond motifs is 1. The molecule has 3 rings (SSSR count). The average molecular weight is 426 g/mol. The maximum atomic E-state index is 12.9. The van der Waals surface area contributed by atoms with Gasteiger partial charge in [-0.25, -0.2) is 14.3 Å². The third kappa shape index (κ3) is 3.82. The van der Waals surface area contributed by atoms with Crippen LogP contribution in [0.3, 0.4) is 0 Å². The second kappa shape index (κ2) is 7.39. The largest absolute Gasteiger partial charge is 0.459 e. The van der Waals surface area contributed by atoms with E-state index >= 15 is 0 Å².